The van der Waals surface area contributed by atoms with Crippen molar-refractivity contribution in [2.24, 2.45) is 22.2 Å². The smallest absolute Gasteiger partial charge is 0.119 e. The molecule has 2 aliphatic rings. The van der Waals surface area contributed by atoms with Gasteiger partial charge in [0.15, 0.2) is 0 Å². The van der Waals surface area contributed by atoms with Crippen molar-refractivity contribution in [2.75, 3.05) is 7.11 Å². The van der Waals surface area contributed by atoms with Gasteiger partial charge in [0, 0.05) is 11.1 Å². The van der Waals surface area contributed by atoms with Gasteiger partial charge in [-0.1, -0.05) is 39.0 Å². The summed E-state index contributed by atoms with van der Waals surface area (Å²) in [5.74, 6) is 3.22. The fourth-order valence-corrected chi connectivity index (χ4v) is 6.11. The van der Waals surface area contributed by atoms with Gasteiger partial charge in [-0.25, -0.2) is 0 Å². The topological polar surface area (TPSA) is 41.8 Å². The van der Waals surface area contributed by atoms with E-state index in [4.69, 9.17) is 9.73 Å². The lowest BCUT2D eigenvalue weighted by molar-refractivity contribution is 0.168. The number of aliphatic imine (C=N–C) groups is 1. The summed E-state index contributed by atoms with van der Waals surface area (Å²) < 4.78 is 5.36. The Morgan fingerprint density at radius 1 is 1.10 bits per heavy atom. The summed E-state index contributed by atoms with van der Waals surface area (Å²) in [4.78, 5) is 5.10. The quantitative estimate of drug-likeness (QED) is 0.614. The maximum Gasteiger partial charge on any atom is 0.119 e. The molecule has 30 heavy (non-hydrogen) atoms. The van der Waals surface area contributed by atoms with Crippen LogP contribution < -0.4 is 4.74 Å². The molecule has 160 valence electrons. The molecule has 0 saturated heterocycles. The molecule has 0 aliphatic heterocycles. The van der Waals surface area contributed by atoms with Crippen LogP contribution in [0.1, 0.15) is 69.1 Å². The second-order valence-electron chi connectivity index (χ2n) is 9.58. The molecule has 2 aliphatic carbocycles. The molecule has 1 fully saturated rings. The minimum absolute atomic E-state index is 0.130. The molecule has 0 aromatic heterocycles. The lowest BCUT2D eigenvalue weighted by atomic mass is 9.62. The predicted octanol–water partition coefficient (Wildman–Crippen LogP) is 6.53. The van der Waals surface area contributed by atoms with Gasteiger partial charge in [-0.15, -0.1) is 0 Å². The highest BCUT2D eigenvalue weighted by Crippen LogP contribution is 2.53. The number of aryl methyl sites for hydroxylation is 1. The summed E-state index contributed by atoms with van der Waals surface area (Å²) in [6, 6.07) is 14.3. The van der Waals surface area contributed by atoms with Crippen molar-refractivity contribution >= 4 is 5.71 Å². The molecule has 3 atom stereocenters. The number of rotatable bonds is 5. The highest BCUT2D eigenvalue weighted by molar-refractivity contribution is 5.92. The van der Waals surface area contributed by atoms with Crippen molar-refractivity contribution in [1.82, 2.24) is 0 Å². The first-order valence-corrected chi connectivity index (χ1v) is 11.4. The monoisotopic (exact) mass is 405 g/mol. The van der Waals surface area contributed by atoms with Gasteiger partial charge in [0.25, 0.3) is 0 Å². The van der Waals surface area contributed by atoms with Crippen molar-refractivity contribution in [3.63, 3.8) is 0 Å². The Bertz CT molecular complexity index is 930. The lowest BCUT2D eigenvalue weighted by Crippen LogP contribution is -2.35. The van der Waals surface area contributed by atoms with Gasteiger partial charge in [0.1, 0.15) is 11.5 Å². The first kappa shape index (κ1) is 21.0. The number of hydrogen-bond acceptors (Lipinski definition) is 3. The van der Waals surface area contributed by atoms with Gasteiger partial charge in [-0.05, 0) is 90.8 Å². The summed E-state index contributed by atoms with van der Waals surface area (Å²) >= 11 is 0. The van der Waals surface area contributed by atoms with E-state index < -0.39 is 0 Å². The Morgan fingerprint density at radius 2 is 1.93 bits per heavy atom. The van der Waals surface area contributed by atoms with Crippen LogP contribution in [0.4, 0.5) is 0 Å². The third kappa shape index (κ3) is 3.87. The zero-order valence-electron chi connectivity index (χ0n) is 18.8. The maximum atomic E-state index is 9.90. The number of methoxy groups -OCH3 is 1. The van der Waals surface area contributed by atoms with Crippen molar-refractivity contribution < 1.29 is 9.84 Å². The molecule has 3 heteroatoms. The minimum Gasteiger partial charge on any atom is -0.508 e. The van der Waals surface area contributed by atoms with Gasteiger partial charge in [-0.2, -0.15) is 0 Å². The van der Waals surface area contributed by atoms with Gasteiger partial charge >= 0.3 is 0 Å². The summed E-state index contributed by atoms with van der Waals surface area (Å²) in [7, 11) is 1.71. The Morgan fingerprint density at radius 3 is 2.70 bits per heavy atom. The van der Waals surface area contributed by atoms with Crippen molar-refractivity contribution in [3.8, 4) is 11.5 Å². The largest absolute Gasteiger partial charge is 0.508 e. The van der Waals surface area contributed by atoms with Crippen molar-refractivity contribution in [3.05, 3.63) is 59.2 Å². The van der Waals surface area contributed by atoms with E-state index in [-0.39, 0.29) is 5.41 Å². The van der Waals surface area contributed by atoms with Crippen LogP contribution in [0.3, 0.4) is 0 Å². The van der Waals surface area contributed by atoms with E-state index >= 15 is 0 Å². The summed E-state index contributed by atoms with van der Waals surface area (Å²) in [5, 5.41) is 9.90. The predicted molar refractivity (Wildman–Crippen MR) is 124 cm³/mol. The first-order chi connectivity index (χ1) is 14.4. The molecule has 2 aromatic rings. The Kier molecular flexibility index (Phi) is 5.90. The zero-order chi connectivity index (χ0) is 21.3. The number of benzene rings is 2. The molecule has 1 N–H and O–H groups in total. The molecule has 0 heterocycles. The zero-order valence-corrected chi connectivity index (χ0v) is 18.8. The second kappa shape index (κ2) is 8.45. The number of phenols is 1. The van der Waals surface area contributed by atoms with E-state index in [0.29, 0.717) is 23.5 Å². The molecule has 3 nitrogen and oxygen atoms in total. The molecular weight excluding hydrogens is 370 g/mol. The molecule has 0 bridgehead atoms. The number of ether oxygens (including phenoxy) is 1. The molecule has 4 rings (SSSR count). The Labute approximate surface area is 181 Å². The normalized spacial score (nSPS) is 26.5. The molecule has 3 unspecified atom stereocenters. The highest BCUT2D eigenvalue weighted by Gasteiger charge is 2.47. The van der Waals surface area contributed by atoms with Crippen LogP contribution in [-0.4, -0.2) is 17.9 Å². The molecule has 2 aromatic carbocycles. The van der Waals surface area contributed by atoms with Crippen LogP contribution in [0.2, 0.25) is 0 Å². The standard InChI is InChI=1S/C27H35NO2/c1-5-22-23-12-10-20(29)16-19(23)9-11-24(22)25-13-14-26(27(25,2)3)28-17-18-7-6-8-21(15-18)30-4/h6-8,10,12,15-16,22,24-25,29H,5,9,11,13-14,17H2,1-4H3. The molecule has 0 spiro atoms. The van der Waals surface area contributed by atoms with Gasteiger partial charge in [0.05, 0.1) is 13.7 Å². The van der Waals surface area contributed by atoms with Crippen LogP contribution in [0.25, 0.3) is 0 Å². The first-order valence-electron chi connectivity index (χ1n) is 11.4. The van der Waals surface area contributed by atoms with E-state index in [2.05, 4.69) is 39.0 Å². The summed E-state index contributed by atoms with van der Waals surface area (Å²) in [5.41, 5.74) is 5.52. The minimum atomic E-state index is 0.130. The molecule has 0 amide bonds. The van der Waals surface area contributed by atoms with Crippen LogP contribution in [0, 0.1) is 17.3 Å². The highest BCUT2D eigenvalue weighted by atomic mass is 16.5. The Balaban J connectivity index is 1.55. The van der Waals surface area contributed by atoms with Gasteiger partial charge in [0.2, 0.25) is 0 Å². The Hall–Kier alpha value is -2.29. The third-order valence-electron chi connectivity index (χ3n) is 7.70. The lowest BCUT2D eigenvalue weighted by Gasteiger charge is -2.42. The fraction of sp³-hybridized carbons (Fsp3) is 0.519. The molecule has 0 radical (unpaired) electrons. The van der Waals surface area contributed by atoms with E-state index in [1.165, 1.54) is 35.2 Å². The fourth-order valence-electron chi connectivity index (χ4n) is 6.11. The van der Waals surface area contributed by atoms with Crippen molar-refractivity contribution in [2.45, 2.75) is 65.3 Å². The number of nitrogens with zero attached hydrogens (tertiary/aromatic N) is 1. The molecular formula is C27H35NO2. The van der Waals surface area contributed by atoms with Crippen LogP contribution in [-0.2, 0) is 13.0 Å². The molecule has 1 saturated carbocycles. The number of phenolic OH excluding ortho intramolecular Hbond substituents is 1. The number of hydrogen-bond donors (Lipinski definition) is 1. The van der Waals surface area contributed by atoms with Crippen LogP contribution in [0.15, 0.2) is 47.5 Å². The maximum absolute atomic E-state index is 9.90. The summed E-state index contributed by atoms with van der Waals surface area (Å²) in [6.45, 7) is 7.87. The number of fused-ring (bicyclic) bond motifs is 1. The summed E-state index contributed by atoms with van der Waals surface area (Å²) in [6.07, 6.45) is 5.79. The van der Waals surface area contributed by atoms with E-state index in [1.54, 1.807) is 7.11 Å². The third-order valence-corrected chi connectivity index (χ3v) is 7.70. The van der Waals surface area contributed by atoms with Crippen LogP contribution >= 0.6 is 0 Å². The second-order valence-corrected chi connectivity index (χ2v) is 9.58. The number of aromatic hydroxyl groups is 1. The van der Waals surface area contributed by atoms with Crippen LogP contribution in [0.5, 0.6) is 11.5 Å². The SMILES string of the molecule is CCC1c2ccc(O)cc2CCC1C1CCC(=NCc2cccc(OC)c2)C1(C)C. The average molecular weight is 406 g/mol. The average Bonchev–Trinajstić information content (AvgIpc) is 3.04. The van der Waals surface area contributed by atoms with E-state index in [1.807, 2.05) is 24.3 Å². The van der Waals surface area contributed by atoms with Gasteiger partial charge < -0.3 is 9.84 Å². The van der Waals surface area contributed by atoms with Crippen molar-refractivity contribution in [1.29, 1.82) is 0 Å². The van der Waals surface area contributed by atoms with E-state index in [9.17, 15) is 5.11 Å². The van der Waals surface area contributed by atoms with Gasteiger partial charge in [-0.3, -0.25) is 4.99 Å². The van der Waals surface area contributed by atoms with E-state index in [0.717, 1.165) is 31.6 Å².